The summed E-state index contributed by atoms with van der Waals surface area (Å²) in [4.78, 5) is 30.0. The Morgan fingerprint density at radius 1 is 1.12 bits per heavy atom. The number of anilines is 1. The molecule has 2 aromatic carbocycles. The third kappa shape index (κ3) is 4.09. The molecule has 9 heteroatoms. The van der Waals surface area contributed by atoms with Crippen LogP contribution in [0.25, 0.3) is 16.7 Å². The topological polar surface area (TPSA) is 91.0 Å². The van der Waals surface area contributed by atoms with Crippen molar-refractivity contribution in [2.75, 3.05) is 12.4 Å². The number of halogens is 1. The number of fused-ring (bicyclic) bond motifs is 1. The largest absolute Gasteiger partial charge is 0.495 e. The molecule has 0 atom stereocenters. The van der Waals surface area contributed by atoms with E-state index >= 15 is 0 Å². The first-order chi connectivity index (χ1) is 15.3. The lowest BCUT2D eigenvalue weighted by molar-refractivity contribution is -0.116. The van der Waals surface area contributed by atoms with Crippen molar-refractivity contribution >= 4 is 34.2 Å². The van der Waals surface area contributed by atoms with Crippen LogP contribution in [0.1, 0.15) is 16.7 Å². The van der Waals surface area contributed by atoms with Gasteiger partial charge in [-0.3, -0.25) is 14.2 Å². The molecule has 0 aliphatic rings. The number of benzene rings is 2. The number of nitrogens with one attached hydrogen (secondary N) is 1. The molecule has 0 radical (unpaired) electrons. The van der Waals surface area contributed by atoms with Crippen LogP contribution in [-0.4, -0.2) is 32.3 Å². The van der Waals surface area contributed by atoms with Crippen molar-refractivity contribution in [2.24, 2.45) is 0 Å². The zero-order valence-corrected chi connectivity index (χ0v) is 18.9. The maximum Gasteiger partial charge on any atom is 0.264 e. The molecule has 2 heterocycles. The molecule has 8 nitrogen and oxygen atoms in total. The van der Waals surface area contributed by atoms with Gasteiger partial charge in [-0.2, -0.15) is 5.10 Å². The molecule has 32 heavy (non-hydrogen) atoms. The van der Waals surface area contributed by atoms with Crippen LogP contribution in [0.15, 0.2) is 47.7 Å². The minimum Gasteiger partial charge on any atom is -0.495 e. The van der Waals surface area contributed by atoms with E-state index in [1.807, 2.05) is 32.9 Å². The summed E-state index contributed by atoms with van der Waals surface area (Å²) < 4.78 is 8.16. The lowest BCUT2D eigenvalue weighted by Gasteiger charge is -2.13. The second-order valence-corrected chi connectivity index (χ2v) is 8.07. The van der Waals surface area contributed by atoms with Gasteiger partial charge >= 0.3 is 0 Å². The van der Waals surface area contributed by atoms with Gasteiger partial charge in [0.25, 0.3) is 5.56 Å². The summed E-state index contributed by atoms with van der Waals surface area (Å²) in [6.45, 7) is 5.62. The van der Waals surface area contributed by atoms with E-state index in [9.17, 15) is 9.59 Å². The summed E-state index contributed by atoms with van der Waals surface area (Å²) in [6.07, 6.45) is 2.83. The summed E-state index contributed by atoms with van der Waals surface area (Å²) in [5, 5.41) is 7.98. The summed E-state index contributed by atoms with van der Waals surface area (Å²) >= 11 is 6.12. The Balaban J connectivity index is 1.62. The van der Waals surface area contributed by atoms with Gasteiger partial charge in [-0.15, -0.1) is 0 Å². The van der Waals surface area contributed by atoms with Crippen molar-refractivity contribution in [3.63, 3.8) is 0 Å². The molecule has 1 amide bonds. The number of aromatic nitrogens is 4. The zero-order valence-electron chi connectivity index (χ0n) is 18.1. The zero-order chi connectivity index (χ0) is 23.0. The number of carbonyl (C=O) groups is 1. The minimum atomic E-state index is -0.394. The first-order valence-corrected chi connectivity index (χ1v) is 10.3. The molecule has 164 valence electrons. The number of aryl methyl sites for hydroxylation is 3. The van der Waals surface area contributed by atoms with Crippen LogP contribution in [0.5, 0.6) is 5.75 Å². The standard InChI is InChI=1S/C23H22ClN5O3/c1-13-5-14(2)7-16(6-13)29-22-17(10-26-29)23(31)28(12-25-22)11-21(30)27-19-8-15(3)18(24)9-20(19)32-4/h5-10,12H,11H2,1-4H3,(H,27,30). The van der Waals surface area contributed by atoms with Gasteiger partial charge in [-0.25, -0.2) is 9.67 Å². The predicted octanol–water partition coefficient (Wildman–Crippen LogP) is 3.81. The monoisotopic (exact) mass is 451 g/mol. The Labute approximate surface area is 189 Å². The molecule has 4 rings (SSSR count). The van der Waals surface area contributed by atoms with E-state index < -0.39 is 5.91 Å². The third-order valence-electron chi connectivity index (χ3n) is 5.07. The normalized spacial score (nSPS) is 11.0. The van der Waals surface area contributed by atoms with Crippen LogP contribution in [0.2, 0.25) is 5.02 Å². The smallest absolute Gasteiger partial charge is 0.264 e. The number of ether oxygens (including phenoxy) is 1. The van der Waals surface area contributed by atoms with E-state index in [0.29, 0.717) is 27.5 Å². The van der Waals surface area contributed by atoms with Crippen LogP contribution >= 0.6 is 11.6 Å². The lowest BCUT2D eigenvalue weighted by Crippen LogP contribution is -2.28. The number of hydrogen-bond acceptors (Lipinski definition) is 5. The highest BCUT2D eigenvalue weighted by atomic mass is 35.5. The molecule has 0 fully saturated rings. The van der Waals surface area contributed by atoms with Crippen molar-refractivity contribution in [2.45, 2.75) is 27.3 Å². The Bertz CT molecular complexity index is 1390. The fraction of sp³-hybridized carbons (Fsp3) is 0.217. The molecule has 0 aliphatic carbocycles. The van der Waals surface area contributed by atoms with Crippen molar-refractivity contribution in [1.29, 1.82) is 0 Å². The first kappa shape index (κ1) is 21.6. The number of carbonyl (C=O) groups excluding carboxylic acids is 1. The quantitative estimate of drug-likeness (QED) is 0.498. The fourth-order valence-electron chi connectivity index (χ4n) is 3.60. The molecular formula is C23H22ClN5O3. The lowest BCUT2D eigenvalue weighted by atomic mass is 10.1. The van der Waals surface area contributed by atoms with E-state index in [2.05, 4.69) is 21.5 Å². The molecule has 0 bridgehead atoms. The van der Waals surface area contributed by atoms with E-state index in [1.54, 1.807) is 16.8 Å². The van der Waals surface area contributed by atoms with Gasteiger partial charge in [-0.1, -0.05) is 17.7 Å². The van der Waals surface area contributed by atoms with E-state index in [0.717, 1.165) is 22.4 Å². The first-order valence-electron chi connectivity index (χ1n) is 9.92. The predicted molar refractivity (Wildman–Crippen MR) is 124 cm³/mol. The summed E-state index contributed by atoms with van der Waals surface area (Å²) in [5.41, 5.74) is 4.35. The van der Waals surface area contributed by atoms with Gasteiger partial charge in [0.1, 0.15) is 24.0 Å². The summed E-state index contributed by atoms with van der Waals surface area (Å²) in [5.74, 6) is 0.0413. The molecule has 0 unspecified atom stereocenters. The van der Waals surface area contributed by atoms with Gasteiger partial charge in [-0.05, 0) is 55.7 Å². The molecule has 0 spiro atoms. The van der Waals surface area contributed by atoms with Gasteiger partial charge in [0.15, 0.2) is 5.65 Å². The van der Waals surface area contributed by atoms with Crippen molar-refractivity contribution in [1.82, 2.24) is 19.3 Å². The fourth-order valence-corrected chi connectivity index (χ4v) is 3.75. The van der Waals surface area contributed by atoms with Crippen molar-refractivity contribution in [3.8, 4) is 11.4 Å². The Morgan fingerprint density at radius 2 is 1.84 bits per heavy atom. The molecule has 4 aromatic rings. The van der Waals surface area contributed by atoms with Crippen LogP contribution < -0.4 is 15.6 Å². The van der Waals surface area contributed by atoms with Gasteiger partial charge < -0.3 is 10.1 Å². The van der Waals surface area contributed by atoms with Crippen molar-refractivity contribution < 1.29 is 9.53 Å². The van der Waals surface area contributed by atoms with Crippen LogP contribution in [0, 0.1) is 20.8 Å². The maximum absolute atomic E-state index is 13.0. The SMILES string of the molecule is COc1cc(Cl)c(C)cc1NC(=O)Cn1cnc2c(cnn2-c2cc(C)cc(C)c2)c1=O. The highest BCUT2D eigenvalue weighted by Crippen LogP contribution is 2.30. The van der Waals surface area contributed by atoms with Gasteiger partial charge in [0.05, 0.1) is 24.7 Å². The second-order valence-electron chi connectivity index (χ2n) is 7.67. The molecule has 0 saturated heterocycles. The van der Waals surface area contributed by atoms with E-state index in [1.165, 1.54) is 24.2 Å². The number of methoxy groups -OCH3 is 1. The average Bonchev–Trinajstić information content (AvgIpc) is 3.17. The van der Waals surface area contributed by atoms with E-state index in [-0.39, 0.29) is 12.1 Å². The third-order valence-corrected chi connectivity index (χ3v) is 5.48. The minimum absolute atomic E-state index is 0.207. The number of hydrogen-bond donors (Lipinski definition) is 1. The highest BCUT2D eigenvalue weighted by molar-refractivity contribution is 6.31. The van der Waals surface area contributed by atoms with E-state index in [4.69, 9.17) is 16.3 Å². The number of rotatable bonds is 5. The van der Waals surface area contributed by atoms with Crippen LogP contribution in [-0.2, 0) is 11.3 Å². The van der Waals surface area contributed by atoms with Crippen LogP contribution in [0.4, 0.5) is 5.69 Å². The molecular weight excluding hydrogens is 430 g/mol. The molecule has 1 N–H and O–H groups in total. The second kappa shape index (κ2) is 8.47. The summed E-state index contributed by atoms with van der Waals surface area (Å²) in [7, 11) is 1.49. The molecule has 0 aliphatic heterocycles. The average molecular weight is 452 g/mol. The Morgan fingerprint density at radius 3 is 2.53 bits per heavy atom. The van der Waals surface area contributed by atoms with Crippen LogP contribution in [0.3, 0.4) is 0 Å². The molecule has 2 aromatic heterocycles. The Kier molecular flexibility index (Phi) is 5.71. The molecule has 0 saturated carbocycles. The van der Waals surface area contributed by atoms with Gasteiger partial charge in [0, 0.05) is 11.1 Å². The Hall–Kier alpha value is -3.65. The highest BCUT2D eigenvalue weighted by Gasteiger charge is 2.15. The number of amides is 1. The number of nitrogens with zero attached hydrogens (tertiary/aromatic N) is 4. The maximum atomic E-state index is 13.0. The summed E-state index contributed by atoms with van der Waals surface area (Å²) in [6, 6.07) is 9.36. The van der Waals surface area contributed by atoms with Gasteiger partial charge in [0.2, 0.25) is 5.91 Å². The van der Waals surface area contributed by atoms with Crippen molar-refractivity contribution in [3.05, 3.63) is 74.9 Å².